The number of aliphatic hydroxyl groups is 1. The fourth-order valence-electron chi connectivity index (χ4n) is 2.31. The lowest BCUT2D eigenvalue weighted by molar-refractivity contribution is -0.0277. The van der Waals surface area contributed by atoms with Gasteiger partial charge in [-0.3, -0.25) is 4.79 Å². The first-order valence-corrected chi connectivity index (χ1v) is 7.01. The number of morpholine rings is 1. The van der Waals surface area contributed by atoms with Gasteiger partial charge in [-0.2, -0.15) is 5.10 Å². The molecule has 0 saturated carbocycles. The van der Waals surface area contributed by atoms with E-state index in [-0.39, 0.29) is 11.2 Å². The van der Waals surface area contributed by atoms with Crippen molar-refractivity contribution in [2.24, 2.45) is 0 Å². The van der Waals surface area contributed by atoms with Crippen molar-refractivity contribution in [1.29, 1.82) is 0 Å². The van der Waals surface area contributed by atoms with E-state index in [1.165, 1.54) is 4.68 Å². The summed E-state index contributed by atoms with van der Waals surface area (Å²) >= 11 is 0. The van der Waals surface area contributed by atoms with Gasteiger partial charge >= 0.3 is 0 Å². The molecule has 0 spiro atoms. The lowest BCUT2D eigenvalue weighted by atomic mass is 10.1. The fourth-order valence-corrected chi connectivity index (χ4v) is 2.31. The highest BCUT2D eigenvalue weighted by Gasteiger charge is 2.27. The third kappa shape index (κ3) is 3.80. The Kier molecular flexibility index (Phi) is 4.45. The van der Waals surface area contributed by atoms with Crippen LogP contribution in [0.15, 0.2) is 17.1 Å². The number of nitrogens with zero attached hydrogens (tertiary/aromatic N) is 3. The average Bonchev–Trinajstić information content (AvgIpc) is 2.36. The molecule has 0 bridgehead atoms. The molecule has 1 aliphatic rings. The Balaban J connectivity index is 2.10. The van der Waals surface area contributed by atoms with Gasteiger partial charge in [-0.1, -0.05) is 0 Å². The minimum absolute atomic E-state index is 0.132. The van der Waals surface area contributed by atoms with Crippen molar-refractivity contribution >= 4 is 5.69 Å². The van der Waals surface area contributed by atoms with Crippen LogP contribution in [0.5, 0.6) is 0 Å². The minimum Gasteiger partial charge on any atom is -0.393 e. The smallest absolute Gasteiger partial charge is 0.268 e. The molecule has 0 amide bonds. The van der Waals surface area contributed by atoms with Gasteiger partial charge in [-0.05, 0) is 27.2 Å². The molecular weight excluding hydrogens is 258 g/mol. The molecule has 0 radical (unpaired) electrons. The first-order chi connectivity index (χ1) is 9.37. The molecule has 1 aliphatic heterocycles. The zero-order chi connectivity index (χ0) is 14.8. The van der Waals surface area contributed by atoms with E-state index in [0.717, 1.165) is 18.8 Å². The van der Waals surface area contributed by atoms with E-state index < -0.39 is 6.10 Å². The average molecular weight is 281 g/mol. The van der Waals surface area contributed by atoms with E-state index in [1.54, 1.807) is 19.2 Å². The predicted octanol–water partition coefficient (Wildman–Crippen LogP) is 0.629. The molecule has 1 atom stereocenters. The minimum atomic E-state index is -0.427. The van der Waals surface area contributed by atoms with Crippen molar-refractivity contribution in [1.82, 2.24) is 9.78 Å². The Bertz CT molecular complexity index is 511. The lowest BCUT2D eigenvalue weighted by Gasteiger charge is -2.39. The predicted molar refractivity (Wildman–Crippen MR) is 77.0 cm³/mol. The molecule has 1 N–H and O–H groups in total. The van der Waals surface area contributed by atoms with E-state index in [9.17, 15) is 9.90 Å². The van der Waals surface area contributed by atoms with Crippen molar-refractivity contribution in [3.05, 3.63) is 22.6 Å². The summed E-state index contributed by atoms with van der Waals surface area (Å²) in [4.78, 5) is 14.1. The van der Waals surface area contributed by atoms with Crippen LogP contribution in [-0.2, 0) is 11.3 Å². The largest absolute Gasteiger partial charge is 0.393 e. The SMILES string of the molecule is CC(O)CCn1ncc(N2CCOC(C)(C)C2)cc1=O. The highest BCUT2D eigenvalue weighted by Crippen LogP contribution is 2.21. The van der Waals surface area contributed by atoms with E-state index in [4.69, 9.17) is 4.74 Å². The molecular formula is C14H23N3O3. The summed E-state index contributed by atoms with van der Waals surface area (Å²) in [6.07, 6.45) is 1.81. The van der Waals surface area contributed by atoms with Crippen molar-refractivity contribution in [3.63, 3.8) is 0 Å². The van der Waals surface area contributed by atoms with Gasteiger partial charge in [-0.25, -0.2) is 4.68 Å². The van der Waals surface area contributed by atoms with E-state index in [2.05, 4.69) is 10.00 Å². The fraction of sp³-hybridized carbons (Fsp3) is 0.714. The van der Waals surface area contributed by atoms with E-state index in [1.807, 2.05) is 13.8 Å². The van der Waals surface area contributed by atoms with Crippen LogP contribution in [0.3, 0.4) is 0 Å². The molecule has 0 aromatic carbocycles. The monoisotopic (exact) mass is 281 g/mol. The first-order valence-electron chi connectivity index (χ1n) is 7.01. The van der Waals surface area contributed by atoms with Gasteiger partial charge in [-0.15, -0.1) is 0 Å². The Morgan fingerprint density at radius 1 is 1.55 bits per heavy atom. The zero-order valence-corrected chi connectivity index (χ0v) is 12.4. The molecule has 6 heteroatoms. The van der Waals surface area contributed by atoms with Crippen molar-refractivity contribution in [2.75, 3.05) is 24.6 Å². The first kappa shape index (κ1) is 15.0. The summed E-state index contributed by atoms with van der Waals surface area (Å²) in [5.74, 6) is 0. The third-order valence-electron chi connectivity index (χ3n) is 3.40. The summed E-state index contributed by atoms with van der Waals surface area (Å²) in [6.45, 7) is 8.37. The van der Waals surface area contributed by atoms with Gasteiger partial charge in [0.1, 0.15) is 0 Å². The van der Waals surface area contributed by atoms with E-state index in [0.29, 0.717) is 19.6 Å². The van der Waals surface area contributed by atoms with Crippen LogP contribution >= 0.6 is 0 Å². The van der Waals surface area contributed by atoms with Crippen LogP contribution in [0.2, 0.25) is 0 Å². The molecule has 2 rings (SSSR count). The molecule has 1 unspecified atom stereocenters. The van der Waals surface area contributed by atoms with E-state index >= 15 is 0 Å². The summed E-state index contributed by atoms with van der Waals surface area (Å²) < 4.78 is 7.05. The summed E-state index contributed by atoms with van der Waals surface area (Å²) in [5, 5.41) is 13.4. The second-order valence-electron chi connectivity index (χ2n) is 5.94. The number of aryl methyl sites for hydroxylation is 1. The second kappa shape index (κ2) is 5.93. The quantitative estimate of drug-likeness (QED) is 0.876. The summed E-state index contributed by atoms with van der Waals surface area (Å²) in [5.41, 5.74) is 0.492. The van der Waals surface area contributed by atoms with Crippen LogP contribution in [0.4, 0.5) is 5.69 Å². The number of hydrogen-bond donors (Lipinski definition) is 1. The maximum Gasteiger partial charge on any atom is 0.268 e. The van der Waals surface area contributed by atoms with Gasteiger partial charge < -0.3 is 14.7 Å². The molecule has 1 aromatic rings. The Hall–Kier alpha value is -1.40. The normalized spacial score (nSPS) is 19.9. The van der Waals surface area contributed by atoms with Gasteiger partial charge in [0.25, 0.3) is 5.56 Å². The van der Waals surface area contributed by atoms with Crippen LogP contribution in [0.1, 0.15) is 27.2 Å². The third-order valence-corrected chi connectivity index (χ3v) is 3.40. The van der Waals surface area contributed by atoms with Gasteiger partial charge in [0.05, 0.1) is 30.2 Å². The number of anilines is 1. The lowest BCUT2D eigenvalue weighted by Crippen LogP contribution is -2.48. The maximum atomic E-state index is 12.0. The van der Waals surface area contributed by atoms with Crippen molar-refractivity contribution in [2.45, 2.75) is 45.4 Å². The number of rotatable bonds is 4. The number of hydrogen-bond acceptors (Lipinski definition) is 5. The van der Waals surface area contributed by atoms with Crippen LogP contribution < -0.4 is 10.5 Å². The molecule has 6 nitrogen and oxygen atoms in total. The molecule has 112 valence electrons. The zero-order valence-electron chi connectivity index (χ0n) is 12.4. The topological polar surface area (TPSA) is 67.6 Å². The summed E-state index contributed by atoms with van der Waals surface area (Å²) in [6, 6.07) is 1.61. The van der Waals surface area contributed by atoms with Crippen molar-refractivity contribution in [3.8, 4) is 0 Å². The number of aliphatic hydroxyl groups excluding tert-OH is 1. The Morgan fingerprint density at radius 3 is 2.90 bits per heavy atom. The molecule has 1 saturated heterocycles. The standard InChI is InChI=1S/C14H23N3O3/c1-11(18)4-5-17-13(19)8-12(9-15-17)16-6-7-20-14(2,3)10-16/h8-9,11,18H,4-7,10H2,1-3H3. The van der Waals surface area contributed by atoms with Crippen LogP contribution in [0, 0.1) is 0 Å². The highest BCUT2D eigenvalue weighted by atomic mass is 16.5. The van der Waals surface area contributed by atoms with Gasteiger partial charge in [0.2, 0.25) is 0 Å². The Labute approximate surface area is 119 Å². The molecule has 1 aromatic heterocycles. The number of ether oxygens (including phenoxy) is 1. The maximum absolute atomic E-state index is 12.0. The van der Waals surface area contributed by atoms with Gasteiger partial charge in [0.15, 0.2) is 0 Å². The molecule has 2 heterocycles. The Morgan fingerprint density at radius 2 is 2.30 bits per heavy atom. The van der Waals surface area contributed by atoms with Crippen LogP contribution in [-0.4, -0.2) is 46.3 Å². The van der Waals surface area contributed by atoms with Crippen LogP contribution in [0.25, 0.3) is 0 Å². The molecule has 20 heavy (non-hydrogen) atoms. The molecule has 0 aliphatic carbocycles. The number of aromatic nitrogens is 2. The second-order valence-corrected chi connectivity index (χ2v) is 5.94. The van der Waals surface area contributed by atoms with Crippen molar-refractivity contribution < 1.29 is 9.84 Å². The summed E-state index contributed by atoms with van der Waals surface area (Å²) in [7, 11) is 0. The van der Waals surface area contributed by atoms with Gasteiger partial charge in [0, 0.05) is 25.7 Å². The highest BCUT2D eigenvalue weighted by molar-refractivity contribution is 5.43. The molecule has 1 fully saturated rings.